The van der Waals surface area contributed by atoms with E-state index >= 15 is 0 Å². The Bertz CT molecular complexity index is 1080. The molecule has 0 atom stereocenters. The molecule has 0 fully saturated rings. The van der Waals surface area contributed by atoms with E-state index in [0.29, 0.717) is 0 Å². The number of aryl methyl sites for hydroxylation is 8. The Labute approximate surface area is 206 Å². The number of hydrogen-bond acceptors (Lipinski definition) is 1. The summed E-state index contributed by atoms with van der Waals surface area (Å²) in [7, 11) is 0. The topological polar surface area (TPSA) is 9.23 Å². The summed E-state index contributed by atoms with van der Waals surface area (Å²) in [4.78, 5) is 0. The van der Waals surface area contributed by atoms with Crippen molar-refractivity contribution in [2.75, 3.05) is 0 Å². The Morgan fingerprint density at radius 2 is 0.706 bits per heavy atom. The van der Waals surface area contributed by atoms with Gasteiger partial charge >= 0.3 is 0 Å². The first-order valence-electron chi connectivity index (χ1n) is 12.1. The first kappa shape index (κ1) is 25.3. The molecule has 0 aliphatic carbocycles. The van der Waals surface area contributed by atoms with Crippen molar-refractivity contribution in [3.8, 4) is 11.5 Å². The molecular weight excluding hydrogens is 412 g/mol. The van der Waals surface area contributed by atoms with Gasteiger partial charge in [-0.1, -0.05) is 48.5 Å². The number of benzene rings is 4. The summed E-state index contributed by atoms with van der Waals surface area (Å²) in [6.45, 7) is 17.1. The minimum atomic E-state index is 0.899. The highest BCUT2D eigenvalue weighted by atomic mass is 16.5. The fraction of sp³-hybridized carbons (Fsp3) is 0.273. The van der Waals surface area contributed by atoms with Gasteiger partial charge in [0.05, 0.1) is 0 Å². The largest absolute Gasteiger partial charge is 0.457 e. The predicted octanol–water partition coefficient (Wildman–Crippen LogP) is 9.22. The monoisotopic (exact) mass is 450 g/mol. The summed E-state index contributed by atoms with van der Waals surface area (Å²) >= 11 is 0. The van der Waals surface area contributed by atoms with Crippen LogP contribution in [0.3, 0.4) is 0 Å². The molecule has 0 bridgehead atoms. The summed E-state index contributed by atoms with van der Waals surface area (Å²) in [6, 6.07) is 25.8. The molecule has 0 saturated carbocycles. The zero-order valence-corrected chi connectivity index (χ0v) is 22.0. The number of ether oxygens (including phenoxy) is 1. The van der Waals surface area contributed by atoms with Gasteiger partial charge < -0.3 is 4.74 Å². The molecule has 0 unspecified atom stereocenters. The molecule has 1 heteroatoms. The van der Waals surface area contributed by atoms with Gasteiger partial charge in [0.15, 0.2) is 0 Å². The first-order chi connectivity index (χ1) is 16.1. The van der Waals surface area contributed by atoms with Crippen LogP contribution in [-0.4, -0.2) is 0 Å². The summed E-state index contributed by atoms with van der Waals surface area (Å²) in [5.74, 6) is 1.80. The van der Waals surface area contributed by atoms with Gasteiger partial charge in [-0.2, -0.15) is 0 Å². The van der Waals surface area contributed by atoms with Crippen LogP contribution in [0.5, 0.6) is 11.5 Å². The lowest BCUT2D eigenvalue weighted by molar-refractivity contribution is 0.481. The zero-order chi connectivity index (χ0) is 24.8. The maximum absolute atomic E-state index is 5.85. The van der Waals surface area contributed by atoms with Crippen LogP contribution in [0, 0.1) is 55.4 Å². The number of hydrogen-bond donors (Lipinski definition) is 0. The highest BCUT2D eigenvalue weighted by molar-refractivity contribution is 5.40. The van der Waals surface area contributed by atoms with Gasteiger partial charge in [0, 0.05) is 0 Å². The maximum atomic E-state index is 5.85. The maximum Gasteiger partial charge on any atom is 0.127 e. The Balaban J connectivity index is 0.000000191. The summed E-state index contributed by atoms with van der Waals surface area (Å²) in [6.07, 6.45) is 1.03. The molecule has 4 aromatic rings. The highest BCUT2D eigenvalue weighted by Gasteiger charge is 2.02. The molecule has 0 aliphatic heterocycles. The third-order valence-electron chi connectivity index (χ3n) is 6.74. The SMILES string of the molecule is Cc1ccc(Cc2ccc(C)c(C)c2)cc1C.Cc1ccc(Oc2ccc(C)c(C)c2)cc1C. The van der Waals surface area contributed by atoms with E-state index in [9.17, 15) is 0 Å². The lowest BCUT2D eigenvalue weighted by Crippen LogP contribution is -1.92. The Hall–Kier alpha value is -3.32. The average molecular weight is 451 g/mol. The molecule has 0 aromatic heterocycles. The van der Waals surface area contributed by atoms with Crippen LogP contribution in [0.1, 0.15) is 55.6 Å². The van der Waals surface area contributed by atoms with Gasteiger partial charge in [0.1, 0.15) is 11.5 Å². The summed E-state index contributed by atoms with van der Waals surface area (Å²) in [5, 5.41) is 0. The average Bonchev–Trinajstić information content (AvgIpc) is 2.79. The van der Waals surface area contributed by atoms with E-state index < -0.39 is 0 Å². The quantitative estimate of drug-likeness (QED) is 0.301. The van der Waals surface area contributed by atoms with E-state index in [2.05, 4.69) is 116 Å². The first-order valence-corrected chi connectivity index (χ1v) is 12.1. The molecule has 0 N–H and O–H groups in total. The minimum absolute atomic E-state index is 0.899. The van der Waals surface area contributed by atoms with E-state index in [1.165, 1.54) is 55.6 Å². The Kier molecular flexibility index (Phi) is 8.34. The van der Waals surface area contributed by atoms with Gasteiger partial charge in [-0.15, -0.1) is 0 Å². The van der Waals surface area contributed by atoms with E-state index in [0.717, 1.165) is 17.9 Å². The number of rotatable bonds is 4. The molecule has 0 amide bonds. The molecule has 0 spiro atoms. The van der Waals surface area contributed by atoms with Gasteiger partial charge in [-0.3, -0.25) is 0 Å². The van der Waals surface area contributed by atoms with Crippen molar-refractivity contribution in [3.63, 3.8) is 0 Å². The minimum Gasteiger partial charge on any atom is -0.457 e. The van der Waals surface area contributed by atoms with Gasteiger partial charge in [-0.25, -0.2) is 0 Å². The predicted molar refractivity (Wildman–Crippen MR) is 147 cm³/mol. The molecule has 4 aromatic carbocycles. The summed E-state index contributed by atoms with van der Waals surface area (Å²) in [5.41, 5.74) is 13.4. The fourth-order valence-corrected chi connectivity index (χ4v) is 3.75. The third kappa shape index (κ3) is 6.84. The smallest absolute Gasteiger partial charge is 0.127 e. The second kappa shape index (κ2) is 11.2. The molecule has 0 saturated heterocycles. The van der Waals surface area contributed by atoms with Gasteiger partial charge in [-0.05, 0) is 142 Å². The van der Waals surface area contributed by atoms with Crippen molar-refractivity contribution in [2.45, 2.75) is 61.8 Å². The van der Waals surface area contributed by atoms with Crippen LogP contribution in [0.2, 0.25) is 0 Å². The molecule has 4 rings (SSSR count). The van der Waals surface area contributed by atoms with E-state index in [1.54, 1.807) is 0 Å². The molecule has 34 heavy (non-hydrogen) atoms. The standard InChI is InChI=1S/C17H20.C16H18O/c1-12-5-7-16(9-14(12)3)11-17-8-6-13(2)15(4)10-17;1-11-5-7-15(9-13(11)3)17-16-8-6-12(2)14(4)10-16/h5-10H,11H2,1-4H3;5-10H,1-4H3. The van der Waals surface area contributed by atoms with Gasteiger partial charge in [0.2, 0.25) is 0 Å². The highest BCUT2D eigenvalue weighted by Crippen LogP contribution is 2.25. The lowest BCUT2D eigenvalue weighted by atomic mass is 9.98. The van der Waals surface area contributed by atoms with Gasteiger partial charge in [0.25, 0.3) is 0 Å². The molecule has 1 nitrogen and oxygen atoms in total. The Morgan fingerprint density at radius 3 is 1.03 bits per heavy atom. The molecule has 0 radical (unpaired) electrons. The van der Waals surface area contributed by atoms with Crippen molar-refractivity contribution in [1.29, 1.82) is 0 Å². The van der Waals surface area contributed by atoms with Crippen LogP contribution >= 0.6 is 0 Å². The lowest BCUT2D eigenvalue weighted by Gasteiger charge is -2.09. The van der Waals surface area contributed by atoms with Crippen LogP contribution < -0.4 is 4.74 Å². The van der Waals surface area contributed by atoms with E-state index in [-0.39, 0.29) is 0 Å². The van der Waals surface area contributed by atoms with Crippen molar-refractivity contribution in [1.82, 2.24) is 0 Å². The molecule has 0 heterocycles. The Morgan fingerprint density at radius 1 is 0.382 bits per heavy atom. The van der Waals surface area contributed by atoms with Crippen molar-refractivity contribution in [3.05, 3.63) is 128 Å². The van der Waals surface area contributed by atoms with Crippen LogP contribution in [0.25, 0.3) is 0 Å². The molecule has 0 aliphatic rings. The van der Waals surface area contributed by atoms with Crippen LogP contribution in [-0.2, 0) is 6.42 Å². The van der Waals surface area contributed by atoms with E-state index in [4.69, 9.17) is 4.74 Å². The van der Waals surface area contributed by atoms with E-state index in [1.807, 2.05) is 12.1 Å². The zero-order valence-electron chi connectivity index (χ0n) is 22.0. The van der Waals surface area contributed by atoms with Crippen LogP contribution in [0.4, 0.5) is 0 Å². The molecular formula is C33H38O. The second-order valence-electron chi connectivity index (χ2n) is 9.61. The van der Waals surface area contributed by atoms with Crippen molar-refractivity contribution < 1.29 is 4.74 Å². The summed E-state index contributed by atoms with van der Waals surface area (Å²) < 4.78 is 5.85. The fourth-order valence-electron chi connectivity index (χ4n) is 3.75. The third-order valence-corrected chi connectivity index (χ3v) is 6.74. The van der Waals surface area contributed by atoms with Crippen molar-refractivity contribution >= 4 is 0 Å². The van der Waals surface area contributed by atoms with Crippen LogP contribution in [0.15, 0.2) is 72.8 Å². The molecule has 176 valence electrons. The normalized spacial score (nSPS) is 10.5. The van der Waals surface area contributed by atoms with Crippen molar-refractivity contribution in [2.24, 2.45) is 0 Å². The second-order valence-corrected chi connectivity index (χ2v) is 9.61.